The van der Waals surface area contributed by atoms with Gasteiger partial charge in [0.05, 0.1) is 12.7 Å². The van der Waals surface area contributed by atoms with Crippen molar-refractivity contribution in [2.75, 3.05) is 26.7 Å². The highest BCUT2D eigenvalue weighted by Crippen LogP contribution is 2.43. The van der Waals surface area contributed by atoms with Crippen molar-refractivity contribution in [3.05, 3.63) is 65.7 Å². The second-order valence-corrected chi connectivity index (χ2v) is 8.58. The molecule has 3 nitrogen and oxygen atoms in total. The third-order valence-electron chi connectivity index (χ3n) is 5.98. The molecule has 0 unspecified atom stereocenters. The van der Waals surface area contributed by atoms with Gasteiger partial charge in [-0.25, -0.2) is 0 Å². The van der Waals surface area contributed by atoms with Gasteiger partial charge < -0.3 is 14.7 Å². The lowest BCUT2D eigenvalue weighted by atomic mass is 9.72. The van der Waals surface area contributed by atoms with Crippen LogP contribution in [0.15, 0.2) is 54.6 Å². The zero-order valence-electron chi connectivity index (χ0n) is 17.6. The summed E-state index contributed by atoms with van der Waals surface area (Å²) >= 11 is 0. The van der Waals surface area contributed by atoms with Crippen LogP contribution in [0, 0.1) is 5.92 Å². The monoisotopic (exact) mass is 381 g/mol. The lowest BCUT2D eigenvalue weighted by Gasteiger charge is -2.42. The van der Waals surface area contributed by atoms with Crippen LogP contribution < -0.4 is 4.74 Å². The zero-order valence-corrected chi connectivity index (χ0v) is 17.6. The van der Waals surface area contributed by atoms with E-state index in [4.69, 9.17) is 4.74 Å². The van der Waals surface area contributed by atoms with Gasteiger partial charge in [0.2, 0.25) is 0 Å². The van der Waals surface area contributed by atoms with Gasteiger partial charge >= 0.3 is 0 Å². The molecule has 1 N–H and O–H groups in total. The lowest BCUT2D eigenvalue weighted by Crippen LogP contribution is -2.43. The fourth-order valence-corrected chi connectivity index (χ4v) is 4.58. The van der Waals surface area contributed by atoms with E-state index in [0.717, 1.165) is 37.4 Å². The minimum absolute atomic E-state index is 0.0302. The molecule has 2 aromatic rings. The van der Waals surface area contributed by atoms with Crippen LogP contribution in [0.1, 0.15) is 56.6 Å². The van der Waals surface area contributed by atoms with E-state index in [9.17, 15) is 5.11 Å². The third-order valence-corrected chi connectivity index (χ3v) is 5.98. The van der Waals surface area contributed by atoms with E-state index in [0.29, 0.717) is 5.92 Å². The van der Waals surface area contributed by atoms with Crippen molar-refractivity contribution in [1.82, 2.24) is 4.90 Å². The lowest BCUT2D eigenvalue weighted by molar-refractivity contribution is -0.0245. The van der Waals surface area contributed by atoms with Crippen LogP contribution in [0.25, 0.3) is 0 Å². The maximum Gasteiger partial charge on any atom is 0.118 e. The molecule has 0 bridgehead atoms. The maximum absolute atomic E-state index is 12.2. The highest BCUT2D eigenvalue weighted by molar-refractivity contribution is 5.35. The molecule has 28 heavy (non-hydrogen) atoms. The molecule has 1 aliphatic rings. The summed E-state index contributed by atoms with van der Waals surface area (Å²) in [6.45, 7) is 7.53. The Morgan fingerprint density at radius 3 is 2.18 bits per heavy atom. The summed E-state index contributed by atoms with van der Waals surface area (Å²) in [6.07, 6.45) is 4.56. The number of ether oxygens (including phenoxy) is 1. The molecule has 0 saturated carbocycles. The minimum Gasteiger partial charge on any atom is -0.497 e. The van der Waals surface area contributed by atoms with Crippen molar-refractivity contribution in [2.45, 2.75) is 51.0 Å². The SMILES string of the molecule is COc1ccc([C@@](O)(CC(C)C)[C@H](CN2CCCCC2)c2ccccc2)cc1. The van der Waals surface area contributed by atoms with Gasteiger partial charge in [-0.1, -0.05) is 62.7 Å². The average molecular weight is 382 g/mol. The van der Waals surface area contributed by atoms with Gasteiger partial charge in [-0.05, 0) is 61.5 Å². The fraction of sp³-hybridized carbons (Fsp3) is 0.520. The first-order valence-corrected chi connectivity index (χ1v) is 10.7. The Labute approximate surface area is 170 Å². The van der Waals surface area contributed by atoms with E-state index in [-0.39, 0.29) is 5.92 Å². The molecule has 0 spiro atoms. The number of hydrogen-bond acceptors (Lipinski definition) is 3. The smallest absolute Gasteiger partial charge is 0.118 e. The summed E-state index contributed by atoms with van der Waals surface area (Å²) in [5.41, 5.74) is 1.28. The first-order valence-electron chi connectivity index (χ1n) is 10.7. The van der Waals surface area contributed by atoms with Crippen molar-refractivity contribution in [3.8, 4) is 5.75 Å². The minimum atomic E-state index is -0.917. The van der Waals surface area contributed by atoms with Gasteiger partial charge in [-0.3, -0.25) is 0 Å². The average Bonchev–Trinajstić information content (AvgIpc) is 2.73. The Morgan fingerprint density at radius 2 is 1.61 bits per heavy atom. The molecular formula is C25H35NO2. The van der Waals surface area contributed by atoms with Gasteiger partial charge in [0.15, 0.2) is 0 Å². The molecule has 0 radical (unpaired) electrons. The molecule has 0 aliphatic carbocycles. The number of piperidine rings is 1. The number of methoxy groups -OCH3 is 1. The molecule has 1 saturated heterocycles. The normalized spacial score (nSPS) is 18.6. The van der Waals surface area contributed by atoms with Crippen LogP contribution in [0.3, 0.4) is 0 Å². The van der Waals surface area contributed by atoms with Crippen molar-refractivity contribution < 1.29 is 9.84 Å². The number of rotatable bonds is 8. The van der Waals surface area contributed by atoms with Crippen LogP contribution >= 0.6 is 0 Å². The van der Waals surface area contributed by atoms with E-state index >= 15 is 0 Å². The summed E-state index contributed by atoms with van der Waals surface area (Å²) < 4.78 is 5.34. The second kappa shape index (κ2) is 9.58. The van der Waals surface area contributed by atoms with Gasteiger partial charge in [-0.2, -0.15) is 0 Å². The molecule has 152 valence electrons. The Kier molecular flexibility index (Phi) is 7.14. The summed E-state index contributed by atoms with van der Waals surface area (Å²) in [5.74, 6) is 1.24. The topological polar surface area (TPSA) is 32.7 Å². The summed E-state index contributed by atoms with van der Waals surface area (Å²) in [4.78, 5) is 2.54. The van der Waals surface area contributed by atoms with Crippen LogP contribution in [0.2, 0.25) is 0 Å². The fourth-order valence-electron chi connectivity index (χ4n) is 4.58. The van der Waals surface area contributed by atoms with E-state index in [1.165, 1.54) is 24.8 Å². The molecule has 3 heteroatoms. The number of likely N-dealkylation sites (tertiary alicyclic amines) is 1. The molecule has 0 amide bonds. The molecule has 3 rings (SSSR count). The van der Waals surface area contributed by atoms with Crippen molar-refractivity contribution in [3.63, 3.8) is 0 Å². The Balaban J connectivity index is 2.01. The highest BCUT2D eigenvalue weighted by Gasteiger charge is 2.40. The van der Waals surface area contributed by atoms with Crippen molar-refractivity contribution in [1.29, 1.82) is 0 Å². The molecule has 1 aliphatic heterocycles. The van der Waals surface area contributed by atoms with E-state index in [1.54, 1.807) is 7.11 Å². The number of hydrogen-bond donors (Lipinski definition) is 1. The standard InChI is InChI=1S/C25H35NO2/c1-20(2)18-25(27,22-12-14-23(28-3)15-13-22)24(21-10-6-4-7-11-21)19-26-16-8-5-9-17-26/h4,6-7,10-15,20,24,27H,5,8-9,16-19H2,1-3H3/t24-,25+/m1/s1. The maximum atomic E-state index is 12.2. The van der Waals surface area contributed by atoms with Crippen molar-refractivity contribution in [2.24, 2.45) is 5.92 Å². The van der Waals surface area contributed by atoms with Crippen LogP contribution in [0.5, 0.6) is 5.75 Å². The molecule has 0 aromatic heterocycles. The van der Waals surface area contributed by atoms with Crippen LogP contribution in [-0.4, -0.2) is 36.8 Å². The predicted octanol–water partition coefficient (Wildman–Crippen LogP) is 5.20. The number of aliphatic hydroxyl groups is 1. The predicted molar refractivity (Wildman–Crippen MR) is 116 cm³/mol. The Morgan fingerprint density at radius 1 is 0.964 bits per heavy atom. The van der Waals surface area contributed by atoms with Crippen molar-refractivity contribution >= 4 is 0 Å². The largest absolute Gasteiger partial charge is 0.497 e. The first kappa shape index (κ1) is 20.9. The Bertz CT molecular complexity index is 707. The number of nitrogens with zero attached hydrogens (tertiary/aromatic N) is 1. The number of benzene rings is 2. The van der Waals surface area contributed by atoms with Gasteiger partial charge in [0, 0.05) is 12.5 Å². The van der Waals surface area contributed by atoms with Gasteiger partial charge in [0.25, 0.3) is 0 Å². The van der Waals surface area contributed by atoms with E-state index < -0.39 is 5.60 Å². The van der Waals surface area contributed by atoms with E-state index in [2.05, 4.69) is 49.1 Å². The second-order valence-electron chi connectivity index (χ2n) is 8.58. The molecule has 2 aromatic carbocycles. The van der Waals surface area contributed by atoms with Gasteiger partial charge in [0.1, 0.15) is 5.75 Å². The molecular weight excluding hydrogens is 346 g/mol. The molecule has 1 heterocycles. The van der Waals surface area contributed by atoms with Crippen LogP contribution in [-0.2, 0) is 5.60 Å². The third kappa shape index (κ3) is 4.95. The van der Waals surface area contributed by atoms with E-state index in [1.807, 2.05) is 24.3 Å². The zero-order chi connectivity index (χ0) is 20.0. The summed E-state index contributed by atoms with van der Waals surface area (Å²) in [7, 11) is 1.68. The highest BCUT2D eigenvalue weighted by atomic mass is 16.5. The molecule has 1 fully saturated rings. The summed E-state index contributed by atoms with van der Waals surface area (Å²) in [5, 5.41) is 12.2. The quantitative estimate of drug-likeness (QED) is 0.682. The van der Waals surface area contributed by atoms with Crippen LogP contribution in [0.4, 0.5) is 0 Å². The molecule has 2 atom stereocenters. The first-order chi connectivity index (χ1) is 13.5. The summed E-state index contributed by atoms with van der Waals surface area (Å²) in [6, 6.07) is 18.6. The van der Waals surface area contributed by atoms with Gasteiger partial charge in [-0.15, -0.1) is 0 Å². The Hall–Kier alpha value is -1.84.